The van der Waals surface area contributed by atoms with Crippen molar-refractivity contribution < 1.29 is 13.6 Å². The normalized spacial score (nSPS) is 17.2. The molecule has 2 aliphatic rings. The fraction of sp³-hybridized carbons (Fsp3) is 0.439. The first-order valence-corrected chi connectivity index (χ1v) is 19.2. The fourth-order valence-electron chi connectivity index (χ4n) is 8.39. The first-order chi connectivity index (χ1) is 26.1. The second kappa shape index (κ2) is 14.6. The molecule has 2 unspecified atom stereocenters. The van der Waals surface area contributed by atoms with Gasteiger partial charge in [-0.05, 0) is 76.5 Å². The van der Waals surface area contributed by atoms with Crippen molar-refractivity contribution in [2.75, 3.05) is 56.6 Å². The van der Waals surface area contributed by atoms with Gasteiger partial charge >= 0.3 is 5.76 Å². The van der Waals surface area contributed by atoms with Gasteiger partial charge in [0.25, 0.3) is 5.56 Å². The summed E-state index contributed by atoms with van der Waals surface area (Å²) in [6.07, 6.45) is 3.61. The Bertz CT molecular complexity index is 2440. The van der Waals surface area contributed by atoms with Crippen LogP contribution in [0.5, 0.6) is 0 Å². The van der Waals surface area contributed by atoms with Crippen molar-refractivity contribution in [2.24, 2.45) is 0 Å². The average molecular weight is 771 g/mol. The molecule has 5 heterocycles. The molecule has 3 aromatic heterocycles. The number of nitrogens with zero attached hydrogens (tertiary/aromatic N) is 7. The number of fused-ring (bicyclic) bond motifs is 6. The molecule has 0 aliphatic carbocycles. The number of oxazole rings is 1. The Hall–Kier alpha value is -5.01. The van der Waals surface area contributed by atoms with E-state index in [-0.39, 0.29) is 51.6 Å². The predicted octanol–water partition coefficient (Wildman–Crippen LogP) is 6.59. The molecule has 1 amide bonds. The summed E-state index contributed by atoms with van der Waals surface area (Å²) in [5.41, 5.74) is 4.27. The summed E-state index contributed by atoms with van der Waals surface area (Å²) >= 11 is 7.56. The van der Waals surface area contributed by atoms with Crippen LogP contribution in [0.4, 0.5) is 15.8 Å². The van der Waals surface area contributed by atoms with Gasteiger partial charge < -0.3 is 24.0 Å². The largest absolute Gasteiger partial charge is 0.417 e. The number of carbonyl (C=O) groups excluding carboxylic acids is 1. The van der Waals surface area contributed by atoms with Crippen LogP contribution in [-0.4, -0.2) is 94.1 Å². The lowest BCUT2D eigenvalue weighted by atomic mass is 9.93. The molecule has 0 spiro atoms. The van der Waals surface area contributed by atoms with Crippen molar-refractivity contribution in [3.05, 3.63) is 85.9 Å². The second-order valence-electron chi connectivity index (χ2n) is 15.7. The maximum atomic E-state index is 17.3. The lowest BCUT2D eigenvalue weighted by Gasteiger charge is -2.52. The molecule has 1 fully saturated rings. The van der Waals surface area contributed by atoms with Crippen molar-refractivity contribution in [1.29, 1.82) is 0 Å². The van der Waals surface area contributed by atoms with Crippen molar-refractivity contribution in [3.8, 4) is 16.8 Å². The highest BCUT2D eigenvalue weighted by molar-refractivity contribution is 6.39. The molecule has 2 aromatic carbocycles. The topological polar surface area (TPSA) is 124 Å². The summed E-state index contributed by atoms with van der Waals surface area (Å²) in [6, 6.07) is 4.48. The number of halogens is 2. The standard InChI is InChI=1S/C41H48ClFN8O4/c1-10-29(52)49-19-25-18-48(15-11-14-47(8)9)38-36(50(25)17-24(49)7)26-16-27(43)31(30-23(6)12-13-28-39(30)55-41(54)46-28)32(42)35(26)51(40(38)53)37-33(21(2)3)44-20-45-34(37)22(4)5/h10,12-13,16,20-22,24-25H,1,11,14-15,17-19H2,2-9H3,(H,46,54). The van der Waals surface area contributed by atoms with Gasteiger partial charge in [0.1, 0.15) is 17.8 Å². The molecule has 290 valence electrons. The molecular weight excluding hydrogens is 723 g/mol. The van der Waals surface area contributed by atoms with Crippen LogP contribution < -0.4 is 21.1 Å². The minimum absolute atomic E-state index is 0.00660. The number of aromatic amines is 1. The lowest BCUT2D eigenvalue weighted by Crippen LogP contribution is -2.64. The smallest absolute Gasteiger partial charge is 0.407 e. The molecule has 1 N–H and O–H groups in total. The van der Waals surface area contributed by atoms with Gasteiger partial charge in [-0.2, -0.15) is 0 Å². The van der Waals surface area contributed by atoms with E-state index in [0.29, 0.717) is 82.2 Å². The Morgan fingerprint density at radius 2 is 1.76 bits per heavy atom. The van der Waals surface area contributed by atoms with E-state index in [0.717, 1.165) is 13.0 Å². The van der Waals surface area contributed by atoms with E-state index in [1.54, 1.807) is 23.6 Å². The highest BCUT2D eigenvalue weighted by atomic mass is 35.5. The Labute approximate surface area is 324 Å². The Balaban J connectivity index is 1.65. The predicted molar refractivity (Wildman–Crippen MR) is 217 cm³/mol. The number of aryl methyl sites for hydroxylation is 1. The van der Waals surface area contributed by atoms with Crippen LogP contribution in [0.25, 0.3) is 38.8 Å². The highest BCUT2D eigenvalue weighted by Crippen LogP contribution is 2.48. The molecule has 14 heteroatoms. The molecule has 0 bridgehead atoms. The van der Waals surface area contributed by atoms with Gasteiger partial charge in [-0.15, -0.1) is 0 Å². The van der Waals surface area contributed by atoms with Crippen molar-refractivity contribution in [3.63, 3.8) is 0 Å². The van der Waals surface area contributed by atoms with E-state index >= 15 is 9.18 Å². The average Bonchev–Trinajstić information content (AvgIpc) is 3.52. The third kappa shape index (κ3) is 6.40. The zero-order valence-corrected chi connectivity index (χ0v) is 33.4. The van der Waals surface area contributed by atoms with Gasteiger partial charge in [-0.1, -0.05) is 51.9 Å². The SMILES string of the molecule is C=CC(=O)N1CC2CN(CCCN(C)C)c3c(c4cc(F)c(-c5c(C)ccc6[nH]c(=O)oc56)c(Cl)c4n(-c4c(C(C)C)ncnc4C(C)C)c3=O)N2CC1C. The number of benzene rings is 2. The summed E-state index contributed by atoms with van der Waals surface area (Å²) in [4.78, 5) is 61.5. The van der Waals surface area contributed by atoms with Gasteiger partial charge in [0.05, 0.1) is 44.9 Å². The highest BCUT2D eigenvalue weighted by Gasteiger charge is 2.43. The van der Waals surface area contributed by atoms with Crippen molar-refractivity contribution >= 4 is 50.9 Å². The number of aromatic nitrogens is 4. The number of piperazine rings is 1. The summed E-state index contributed by atoms with van der Waals surface area (Å²) in [7, 11) is 4.01. The molecule has 0 radical (unpaired) electrons. The van der Waals surface area contributed by atoms with Crippen molar-refractivity contribution in [1.82, 2.24) is 29.3 Å². The van der Waals surface area contributed by atoms with E-state index in [1.165, 1.54) is 18.5 Å². The van der Waals surface area contributed by atoms with Crippen LogP contribution in [0.3, 0.4) is 0 Å². The Kier molecular flexibility index (Phi) is 10.1. The van der Waals surface area contributed by atoms with E-state index < -0.39 is 11.6 Å². The number of rotatable bonds is 9. The van der Waals surface area contributed by atoms with Crippen LogP contribution in [-0.2, 0) is 4.79 Å². The van der Waals surface area contributed by atoms with Crippen LogP contribution in [0.2, 0.25) is 5.02 Å². The molecule has 0 saturated carbocycles. The minimum Gasteiger partial charge on any atom is -0.407 e. The number of H-pyrrole nitrogens is 1. The summed E-state index contributed by atoms with van der Waals surface area (Å²) < 4.78 is 24.5. The maximum absolute atomic E-state index is 17.3. The number of hydrogen-bond donors (Lipinski definition) is 1. The third-order valence-corrected chi connectivity index (χ3v) is 11.3. The van der Waals surface area contributed by atoms with Gasteiger partial charge in [-0.3, -0.25) is 19.1 Å². The third-order valence-electron chi connectivity index (χ3n) is 10.9. The van der Waals surface area contributed by atoms with E-state index in [9.17, 15) is 9.59 Å². The zero-order valence-electron chi connectivity index (χ0n) is 32.7. The zero-order chi connectivity index (χ0) is 39.6. The van der Waals surface area contributed by atoms with Crippen LogP contribution in [0, 0.1) is 12.7 Å². The first-order valence-electron chi connectivity index (χ1n) is 18.8. The monoisotopic (exact) mass is 770 g/mol. The molecule has 55 heavy (non-hydrogen) atoms. The Morgan fingerprint density at radius 1 is 1.07 bits per heavy atom. The minimum atomic E-state index is -0.682. The fourth-order valence-corrected chi connectivity index (χ4v) is 8.76. The molecule has 5 aromatic rings. The number of carbonyl (C=O) groups is 1. The molecule has 7 rings (SSSR count). The van der Waals surface area contributed by atoms with Crippen LogP contribution in [0.1, 0.15) is 69.8 Å². The van der Waals surface area contributed by atoms with Crippen LogP contribution >= 0.6 is 11.6 Å². The Morgan fingerprint density at radius 3 is 2.40 bits per heavy atom. The van der Waals surface area contributed by atoms with Gasteiger partial charge in [0.15, 0.2) is 5.58 Å². The number of anilines is 2. The molecule has 2 aliphatic heterocycles. The van der Waals surface area contributed by atoms with E-state index in [4.69, 9.17) is 26.0 Å². The summed E-state index contributed by atoms with van der Waals surface area (Å²) in [5, 5.41) is 0.421. The van der Waals surface area contributed by atoms with E-state index in [1.807, 2.05) is 53.6 Å². The second-order valence-corrected chi connectivity index (χ2v) is 16.1. The van der Waals surface area contributed by atoms with Gasteiger partial charge in [0, 0.05) is 48.7 Å². The summed E-state index contributed by atoms with van der Waals surface area (Å²) in [6.45, 7) is 18.1. The number of nitrogens with one attached hydrogen (secondary N) is 1. The molecule has 2 atom stereocenters. The number of hydrogen-bond acceptors (Lipinski definition) is 9. The maximum Gasteiger partial charge on any atom is 0.417 e. The van der Waals surface area contributed by atoms with Crippen LogP contribution in [0.15, 0.2) is 51.2 Å². The summed E-state index contributed by atoms with van der Waals surface area (Å²) in [5.74, 6) is -1.72. The first kappa shape index (κ1) is 38.3. The van der Waals surface area contributed by atoms with Gasteiger partial charge in [0.2, 0.25) is 5.91 Å². The molecule has 1 saturated heterocycles. The quantitative estimate of drug-likeness (QED) is 0.165. The van der Waals surface area contributed by atoms with Gasteiger partial charge in [-0.25, -0.2) is 19.2 Å². The lowest BCUT2D eigenvalue weighted by molar-refractivity contribution is -0.128. The number of pyridine rings is 1. The molecule has 12 nitrogen and oxygen atoms in total. The number of amides is 1. The molecular formula is C41H48ClFN8O4. The van der Waals surface area contributed by atoms with Crippen molar-refractivity contribution in [2.45, 2.75) is 71.9 Å². The van der Waals surface area contributed by atoms with E-state index in [2.05, 4.69) is 26.3 Å².